The first kappa shape index (κ1) is 7.16. The summed E-state index contributed by atoms with van der Waals surface area (Å²) in [7, 11) is 0. The van der Waals surface area contributed by atoms with Crippen molar-refractivity contribution in [1.29, 1.82) is 0 Å². The van der Waals surface area contributed by atoms with Crippen molar-refractivity contribution in [2.75, 3.05) is 5.73 Å². The van der Waals surface area contributed by atoms with Crippen LogP contribution in [0.2, 0.25) is 0 Å². The lowest BCUT2D eigenvalue weighted by Crippen LogP contribution is -2.08. The van der Waals surface area contributed by atoms with Gasteiger partial charge in [0.25, 0.3) is 0 Å². The number of hydrogen-bond donors (Lipinski definition) is 1. The lowest BCUT2D eigenvalue weighted by molar-refractivity contribution is 0.300. The van der Waals surface area contributed by atoms with Crippen molar-refractivity contribution in [3.05, 3.63) is 10.2 Å². The number of halogens is 1. The summed E-state index contributed by atoms with van der Waals surface area (Å²) in [6, 6.07) is 0. The second-order valence-electron chi connectivity index (χ2n) is 2.87. The van der Waals surface area contributed by atoms with Gasteiger partial charge in [0.05, 0.1) is 0 Å². The van der Waals surface area contributed by atoms with Gasteiger partial charge in [0, 0.05) is 5.92 Å². The van der Waals surface area contributed by atoms with Gasteiger partial charge in [0.15, 0.2) is 11.6 Å². The number of nitrogens with two attached hydrogens (primary N) is 1. The van der Waals surface area contributed by atoms with Crippen molar-refractivity contribution >= 4 is 21.7 Å². The Bertz CT molecular complexity index is 267. The van der Waals surface area contributed by atoms with Gasteiger partial charge in [0.1, 0.15) is 4.47 Å². The molecule has 4 heteroatoms. The molecule has 2 rings (SSSR count). The van der Waals surface area contributed by atoms with Gasteiger partial charge >= 0.3 is 0 Å². The van der Waals surface area contributed by atoms with Gasteiger partial charge in [-0.15, -0.1) is 0 Å². The van der Waals surface area contributed by atoms with Crippen LogP contribution in [0, 0.1) is 0 Å². The van der Waals surface area contributed by atoms with E-state index >= 15 is 0 Å². The molecule has 1 saturated carbocycles. The van der Waals surface area contributed by atoms with Crippen LogP contribution in [-0.2, 0) is 0 Å². The van der Waals surface area contributed by atoms with E-state index in [1.54, 1.807) is 0 Å². The largest absolute Gasteiger partial charge is 0.380 e. The predicted molar refractivity (Wildman–Crippen MR) is 45.2 cm³/mol. The minimum absolute atomic E-state index is 0.465. The summed E-state index contributed by atoms with van der Waals surface area (Å²) in [5.41, 5.74) is 5.51. The molecule has 1 aliphatic carbocycles. The average Bonchev–Trinajstić information content (AvgIpc) is 2.15. The smallest absolute Gasteiger partial charge is 0.181 e. The lowest BCUT2D eigenvalue weighted by atomic mass is 9.84. The molecule has 1 aromatic rings. The molecule has 0 spiro atoms. The maximum Gasteiger partial charge on any atom is 0.181 e. The molecule has 0 bridgehead atoms. The van der Waals surface area contributed by atoms with Crippen LogP contribution < -0.4 is 5.73 Å². The van der Waals surface area contributed by atoms with Crippen molar-refractivity contribution in [1.82, 2.24) is 5.16 Å². The number of nitrogens with zero attached hydrogens (tertiary/aromatic N) is 1. The van der Waals surface area contributed by atoms with Gasteiger partial charge in [-0.1, -0.05) is 11.6 Å². The molecule has 1 aromatic heterocycles. The van der Waals surface area contributed by atoms with Crippen LogP contribution in [0.1, 0.15) is 30.9 Å². The standard InChI is InChI=1S/C7H9BrN2O/c8-5-6(4-2-1-3-4)11-10-7(5)9/h4H,1-3H2,(H2,9,10). The minimum Gasteiger partial charge on any atom is -0.380 e. The second kappa shape index (κ2) is 2.52. The SMILES string of the molecule is Nc1noc(C2CCC2)c1Br. The van der Waals surface area contributed by atoms with Crippen LogP contribution in [0.25, 0.3) is 0 Å². The quantitative estimate of drug-likeness (QED) is 0.784. The van der Waals surface area contributed by atoms with Crippen molar-refractivity contribution in [3.8, 4) is 0 Å². The number of anilines is 1. The molecule has 0 unspecified atom stereocenters. The summed E-state index contributed by atoms with van der Waals surface area (Å²) in [6.45, 7) is 0. The first-order valence-corrected chi connectivity index (χ1v) is 4.49. The van der Waals surface area contributed by atoms with E-state index in [4.69, 9.17) is 10.3 Å². The van der Waals surface area contributed by atoms with Gasteiger partial charge in [-0.25, -0.2) is 0 Å². The van der Waals surface area contributed by atoms with Crippen molar-refractivity contribution in [2.45, 2.75) is 25.2 Å². The van der Waals surface area contributed by atoms with Crippen LogP contribution in [-0.4, -0.2) is 5.16 Å². The number of rotatable bonds is 1. The highest BCUT2D eigenvalue weighted by molar-refractivity contribution is 9.10. The molecule has 0 radical (unpaired) electrons. The zero-order chi connectivity index (χ0) is 7.84. The van der Waals surface area contributed by atoms with Crippen LogP contribution in [0.3, 0.4) is 0 Å². The van der Waals surface area contributed by atoms with Crippen LogP contribution in [0.5, 0.6) is 0 Å². The summed E-state index contributed by atoms with van der Waals surface area (Å²) in [5, 5.41) is 3.67. The van der Waals surface area contributed by atoms with Gasteiger partial charge in [-0.2, -0.15) is 0 Å². The highest BCUT2D eigenvalue weighted by atomic mass is 79.9. The van der Waals surface area contributed by atoms with E-state index in [0.29, 0.717) is 11.7 Å². The third-order valence-electron chi connectivity index (χ3n) is 2.16. The molecule has 60 valence electrons. The molecule has 1 aliphatic rings. The number of hydrogen-bond acceptors (Lipinski definition) is 3. The van der Waals surface area contributed by atoms with E-state index in [2.05, 4.69) is 21.1 Å². The molecule has 1 heterocycles. The van der Waals surface area contributed by atoms with Crippen molar-refractivity contribution < 1.29 is 4.52 Å². The minimum atomic E-state index is 0.465. The fraction of sp³-hybridized carbons (Fsp3) is 0.571. The zero-order valence-electron chi connectivity index (χ0n) is 6.01. The molecule has 3 nitrogen and oxygen atoms in total. The van der Waals surface area contributed by atoms with E-state index < -0.39 is 0 Å². The van der Waals surface area contributed by atoms with Crippen molar-refractivity contribution in [2.24, 2.45) is 0 Å². The van der Waals surface area contributed by atoms with E-state index in [1.807, 2.05) is 0 Å². The molecular formula is C7H9BrN2O. The molecule has 0 saturated heterocycles. The molecule has 0 aromatic carbocycles. The molecule has 0 atom stereocenters. The zero-order valence-corrected chi connectivity index (χ0v) is 7.60. The summed E-state index contributed by atoms with van der Waals surface area (Å²) >= 11 is 3.34. The maximum absolute atomic E-state index is 5.51. The monoisotopic (exact) mass is 216 g/mol. The van der Waals surface area contributed by atoms with Crippen molar-refractivity contribution in [3.63, 3.8) is 0 Å². The van der Waals surface area contributed by atoms with Crippen LogP contribution in [0.15, 0.2) is 9.00 Å². The number of nitrogen functional groups attached to an aromatic ring is 1. The van der Waals surface area contributed by atoms with E-state index in [1.165, 1.54) is 19.3 Å². The Kier molecular flexibility index (Phi) is 1.64. The maximum atomic E-state index is 5.51. The Labute approximate surface area is 73.1 Å². The van der Waals surface area contributed by atoms with E-state index in [9.17, 15) is 0 Å². The highest BCUT2D eigenvalue weighted by Gasteiger charge is 2.26. The third-order valence-corrected chi connectivity index (χ3v) is 2.96. The molecule has 2 N–H and O–H groups in total. The van der Waals surface area contributed by atoms with Gasteiger partial charge in [-0.3, -0.25) is 0 Å². The first-order chi connectivity index (χ1) is 5.29. The number of aromatic nitrogens is 1. The van der Waals surface area contributed by atoms with Crippen LogP contribution >= 0.6 is 15.9 Å². The predicted octanol–water partition coefficient (Wildman–Crippen LogP) is 2.29. The summed E-state index contributed by atoms with van der Waals surface area (Å²) in [5.74, 6) is 1.94. The Morgan fingerprint density at radius 1 is 1.55 bits per heavy atom. The molecular weight excluding hydrogens is 208 g/mol. The lowest BCUT2D eigenvalue weighted by Gasteiger charge is -2.22. The topological polar surface area (TPSA) is 52.0 Å². The molecule has 1 fully saturated rings. The van der Waals surface area contributed by atoms with Crippen LogP contribution in [0.4, 0.5) is 5.82 Å². The Hall–Kier alpha value is -0.510. The summed E-state index contributed by atoms with van der Waals surface area (Å²) < 4.78 is 5.93. The van der Waals surface area contributed by atoms with E-state index in [0.717, 1.165) is 10.2 Å². The van der Waals surface area contributed by atoms with Gasteiger partial charge in [-0.05, 0) is 28.8 Å². The van der Waals surface area contributed by atoms with Gasteiger partial charge in [0.2, 0.25) is 0 Å². The highest BCUT2D eigenvalue weighted by Crippen LogP contribution is 2.41. The molecule has 0 amide bonds. The fourth-order valence-corrected chi connectivity index (χ4v) is 1.70. The Balaban J connectivity index is 2.29. The first-order valence-electron chi connectivity index (χ1n) is 3.69. The molecule has 0 aliphatic heterocycles. The fourth-order valence-electron chi connectivity index (χ4n) is 1.23. The summed E-state index contributed by atoms with van der Waals surface area (Å²) in [4.78, 5) is 0. The summed E-state index contributed by atoms with van der Waals surface area (Å²) in [6.07, 6.45) is 3.69. The third kappa shape index (κ3) is 1.05. The van der Waals surface area contributed by atoms with E-state index in [-0.39, 0.29) is 0 Å². The second-order valence-corrected chi connectivity index (χ2v) is 3.67. The van der Waals surface area contributed by atoms with Gasteiger partial charge < -0.3 is 10.3 Å². The Morgan fingerprint density at radius 2 is 2.27 bits per heavy atom. The molecule has 11 heavy (non-hydrogen) atoms. The Morgan fingerprint density at radius 3 is 2.64 bits per heavy atom. The normalized spacial score (nSPS) is 18.3. The average molecular weight is 217 g/mol.